The predicted octanol–water partition coefficient (Wildman–Crippen LogP) is 3.12. The molecule has 0 radical (unpaired) electrons. The highest BCUT2D eigenvalue weighted by atomic mass is 32.2. The molecule has 0 saturated heterocycles. The van der Waals surface area contributed by atoms with Crippen molar-refractivity contribution in [1.29, 1.82) is 5.26 Å². The van der Waals surface area contributed by atoms with Gasteiger partial charge in [-0.15, -0.1) is 11.8 Å². The van der Waals surface area contributed by atoms with Gasteiger partial charge in [-0.1, -0.05) is 18.2 Å². The predicted molar refractivity (Wildman–Crippen MR) is 72.1 cm³/mol. The van der Waals surface area contributed by atoms with Gasteiger partial charge in [0.25, 0.3) is 0 Å². The number of nitrogens with zero attached hydrogens (tertiary/aromatic N) is 1. The Labute approximate surface area is 107 Å². The average Bonchev–Trinajstić information content (AvgIpc) is 3.12. The number of benzene rings is 1. The molecule has 0 aromatic heterocycles. The van der Waals surface area contributed by atoms with E-state index in [2.05, 4.69) is 30.4 Å². The summed E-state index contributed by atoms with van der Waals surface area (Å²) in [6, 6.07) is 11.3. The normalized spacial score (nSPS) is 18.4. The number of thioether (sulfide) groups is 1. The van der Waals surface area contributed by atoms with Crippen LogP contribution in [-0.2, 0) is 0 Å². The van der Waals surface area contributed by atoms with E-state index < -0.39 is 5.54 Å². The zero-order chi connectivity index (χ0) is 12.3. The largest absolute Gasteiger partial charge is 0.296 e. The Hall–Kier alpha value is -0.980. The van der Waals surface area contributed by atoms with Crippen molar-refractivity contribution in [2.45, 2.75) is 43.2 Å². The second kappa shape index (κ2) is 5.12. The molecule has 1 unspecified atom stereocenters. The van der Waals surface area contributed by atoms with Gasteiger partial charge >= 0.3 is 0 Å². The van der Waals surface area contributed by atoms with Crippen molar-refractivity contribution in [1.82, 2.24) is 5.32 Å². The maximum Gasteiger partial charge on any atom is 0.113 e. The van der Waals surface area contributed by atoms with E-state index >= 15 is 0 Å². The molecule has 1 saturated carbocycles. The standard InChI is InChI=1S/C14H18N2S/c1-11-5-3-4-6-13(11)17-10-14(2,9-15)16-12-7-8-12/h3-6,12,16H,7-8,10H2,1-2H3. The van der Waals surface area contributed by atoms with Crippen LogP contribution in [0.25, 0.3) is 0 Å². The summed E-state index contributed by atoms with van der Waals surface area (Å²) >= 11 is 1.76. The molecule has 0 bridgehead atoms. The minimum absolute atomic E-state index is 0.409. The lowest BCUT2D eigenvalue weighted by Crippen LogP contribution is -2.44. The first-order chi connectivity index (χ1) is 8.13. The van der Waals surface area contributed by atoms with Crippen molar-refractivity contribution < 1.29 is 0 Å². The summed E-state index contributed by atoms with van der Waals surface area (Å²) in [5.41, 5.74) is 0.873. The molecule has 2 nitrogen and oxygen atoms in total. The molecule has 90 valence electrons. The second-order valence-electron chi connectivity index (χ2n) is 4.92. The van der Waals surface area contributed by atoms with E-state index in [1.807, 2.05) is 19.1 Å². The van der Waals surface area contributed by atoms with Crippen molar-refractivity contribution in [2.24, 2.45) is 0 Å². The Morgan fingerprint density at radius 3 is 2.76 bits per heavy atom. The van der Waals surface area contributed by atoms with Gasteiger partial charge in [0.05, 0.1) is 6.07 Å². The average molecular weight is 246 g/mol. The first-order valence-corrected chi connectivity index (χ1v) is 6.99. The third kappa shape index (κ3) is 3.49. The van der Waals surface area contributed by atoms with Gasteiger partial charge in [0.2, 0.25) is 0 Å². The highest BCUT2D eigenvalue weighted by Crippen LogP contribution is 2.28. The van der Waals surface area contributed by atoms with Gasteiger partial charge in [-0.2, -0.15) is 5.26 Å². The Morgan fingerprint density at radius 2 is 2.18 bits per heavy atom. The van der Waals surface area contributed by atoms with Crippen molar-refractivity contribution in [3.05, 3.63) is 29.8 Å². The molecule has 0 aliphatic heterocycles. The van der Waals surface area contributed by atoms with Gasteiger partial charge < -0.3 is 0 Å². The van der Waals surface area contributed by atoms with Gasteiger partial charge in [0.15, 0.2) is 0 Å². The Bertz CT molecular complexity index is 434. The molecule has 1 N–H and O–H groups in total. The lowest BCUT2D eigenvalue weighted by molar-refractivity contribution is 0.490. The van der Waals surface area contributed by atoms with Gasteiger partial charge in [0.1, 0.15) is 5.54 Å². The molecule has 17 heavy (non-hydrogen) atoms. The summed E-state index contributed by atoms with van der Waals surface area (Å²) < 4.78 is 0. The number of hydrogen-bond acceptors (Lipinski definition) is 3. The highest BCUT2D eigenvalue weighted by Gasteiger charge is 2.32. The van der Waals surface area contributed by atoms with Crippen LogP contribution in [0, 0.1) is 18.3 Å². The van der Waals surface area contributed by atoms with Gasteiger partial charge in [-0.3, -0.25) is 5.32 Å². The van der Waals surface area contributed by atoms with Gasteiger partial charge in [0, 0.05) is 16.7 Å². The first-order valence-electron chi connectivity index (χ1n) is 6.00. The monoisotopic (exact) mass is 246 g/mol. The van der Waals surface area contributed by atoms with Crippen LogP contribution in [0.5, 0.6) is 0 Å². The van der Waals surface area contributed by atoms with E-state index in [1.54, 1.807) is 11.8 Å². The molecular formula is C14H18N2S. The Balaban J connectivity index is 1.96. The highest BCUT2D eigenvalue weighted by molar-refractivity contribution is 7.99. The molecule has 1 aliphatic carbocycles. The number of nitriles is 1. The van der Waals surface area contributed by atoms with Crippen molar-refractivity contribution >= 4 is 11.8 Å². The molecular weight excluding hydrogens is 228 g/mol. The Morgan fingerprint density at radius 1 is 1.47 bits per heavy atom. The van der Waals surface area contributed by atoms with Crippen LogP contribution < -0.4 is 5.32 Å². The fraction of sp³-hybridized carbons (Fsp3) is 0.500. The van der Waals surface area contributed by atoms with Crippen molar-refractivity contribution in [3.8, 4) is 6.07 Å². The SMILES string of the molecule is Cc1ccccc1SCC(C)(C#N)NC1CC1. The summed E-state index contributed by atoms with van der Waals surface area (Å²) in [6.45, 7) is 4.11. The van der Waals surface area contributed by atoms with E-state index in [-0.39, 0.29) is 0 Å². The third-order valence-electron chi connectivity index (χ3n) is 2.96. The molecule has 1 atom stereocenters. The minimum Gasteiger partial charge on any atom is -0.296 e. The summed E-state index contributed by atoms with van der Waals surface area (Å²) in [6.07, 6.45) is 2.43. The van der Waals surface area contributed by atoms with Crippen LogP contribution in [0.3, 0.4) is 0 Å². The molecule has 1 aromatic rings. The molecule has 0 spiro atoms. The molecule has 3 heteroatoms. The third-order valence-corrected chi connectivity index (χ3v) is 4.45. The lowest BCUT2D eigenvalue weighted by Gasteiger charge is -2.23. The number of aryl methyl sites for hydroxylation is 1. The summed E-state index contributed by atoms with van der Waals surface area (Å²) in [4.78, 5) is 1.27. The quantitative estimate of drug-likeness (QED) is 0.811. The van der Waals surface area contributed by atoms with Crippen LogP contribution in [-0.4, -0.2) is 17.3 Å². The molecule has 1 fully saturated rings. The summed E-state index contributed by atoms with van der Waals surface area (Å²) in [5, 5.41) is 12.7. The maximum atomic E-state index is 9.28. The summed E-state index contributed by atoms with van der Waals surface area (Å²) in [7, 11) is 0. The Kier molecular flexibility index (Phi) is 3.76. The van der Waals surface area contributed by atoms with Crippen molar-refractivity contribution in [2.75, 3.05) is 5.75 Å². The van der Waals surface area contributed by atoms with Crippen LogP contribution in [0.2, 0.25) is 0 Å². The number of hydrogen-bond donors (Lipinski definition) is 1. The van der Waals surface area contributed by atoms with E-state index in [9.17, 15) is 5.26 Å². The van der Waals surface area contributed by atoms with E-state index in [0.29, 0.717) is 6.04 Å². The first kappa shape index (κ1) is 12.5. The zero-order valence-electron chi connectivity index (χ0n) is 10.4. The fourth-order valence-corrected chi connectivity index (χ4v) is 2.79. The molecule has 1 aliphatic rings. The molecule has 2 rings (SSSR count). The molecule has 1 aromatic carbocycles. The van der Waals surface area contributed by atoms with Gasteiger partial charge in [-0.05, 0) is 38.3 Å². The van der Waals surface area contributed by atoms with E-state index in [0.717, 1.165) is 5.75 Å². The van der Waals surface area contributed by atoms with Crippen molar-refractivity contribution in [3.63, 3.8) is 0 Å². The minimum atomic E-state index is -0.409. The van der Waals surface area contributed by atoms with Crippen LogP contribution in [0.4, 0.5) is 0 Å². The smallest absolute Gasteiger partial charge is 0.113 e. The summed E-state index contributed by atoms with van der Waals surface area (Å²) in [5.74, 6) is 0.796. The fourth-order valence-electron chi connectivity index (χ4n) is 1.72. The topological polar surface area (TPSA) is 35.8 Å². The van der Waals surface area contributed by atoms with Crippen LogP contribution in [0.15, 0.2) is 29.2 Å². The molecule has 0 amide bonds. The number of rotatable bonds is 5. The van der Waals surface area contributed by atoms with E-state index in [1.165, 1.54) is 23.3 Å². The van der Waals surface area contributed by atoms with Gasteiger partial charge in [-0.25, -0.2) is 0 Å². The van der Waals surface area contributed by atoms with Crippen LogP contribution >= 0.6 is 11.8 Å². The second-order valence-corrected chi connectivity index (χ2v) is 5.93. The maximum absolute atomic E-state index is 9.28. The zero-order valence-corrected chi connectivity index (χ0v) is 11.2. The molecule has 0 heterocycles. The lowest BCUT2D eigenvalue weighted by atomic mass is 10.1. The van der Waals surface area contributed by atoms with Crippen LogP contribution in [0.1, 0.15) is 25.3 Å². The van der Waals surface area contributed by atoms with E-state index in [4.69, 9.17) is 0 Å². The number of nitrogens with one attached hydrogen (secondary N) is 1.